The minimum atomic E-state index is -2.30. The van der Waals surface area contributed by atoms with Gasteiger partial charge in [0.25, 0.3) is 0 Å². The normalized spacial score (nSPS) is 31.1. The Hall–Kier alpha value is -2.02. The molecule has 1 aromatic heterocycles. The summed E-state index contributed by atoms with van der Waals surface area (Å²) in [5.41, 5.74) is 3.23. The predicted octanol–water partition coefficient (Wildman–Crippen LogP) is 7.49. The van der Waals surface area contributed by atoms with Crippen molar-refractivity contribution in [1.82, 2.24) is 4.98 Å². The number of carbonyl (C=O) groups excluding carboxylic acids is 1. The number of aromatic nitrogens is 1. The van der Waals surface area contributed by atoms with Gasteiger partial charge in [-0.15, -0.1) is 11.3 Å². The maximum atomic E-state index is 14.3. The van der Waals surface area contributed by atoms with E-state index < -0.39 is 12.3 Å². The van der Waals surface area contributed by atoms with Gasteiger partial charge in [-0.2, -0.15) is 0 Å². The highest BCUT2D eigenvalue weighted by atomic mass is 32.1. The third kappa shape index (κ3) is 4.57. The molecule has 7 heteroatoms. The SMILES string of the molecule is CCc1cc2c(cc1O)CCC1C2CCC2(C)C(C(F)F)CC(CCCC(=O)Nc3ncc(C)s3)C12. The summed E-state index contributed by atoms with van der Waals surface area (Å²) in [6.45, 7) is 6.15. The summed E-state index contributed by atoms with van der Waals surface area (Å²) in [5, 5.41) is 13.9. The summed E-state index contributed by atoms with van der Waals surface area (Å²) >= 11 is 1.46. The number of nitrogens with one attached hydrogen (secondary N) is 1. The van der Waals surface area contributed by atoms with Crippen LogP contribution in [0.15, 0.2) is 18.3 Å². The third-order valence-electron chi connectivity index (χ3n) is 9.66. The monoisotopic (exact) mass is 516 g/mol. The number of rotatable bonds is 7. The van der Waals surface area contributed by atoms with Gasteiger partial charge in [0.2, 0.25) is 12.3 Å². The van der Waals surface area contributed by atoms with Gasteiger partial charge in [0.15, 0.2) is 5.13 Å². The Balaban J connectivity index is 1.33. The zero-order chi connectivity index (χ0) is 25.6. The Labute approximate surface area is 216 Å². The number of anilines is 1. The standard InChI is InChI=1S/C29H38F2N2O2S/c1-4-17-12-22-18(14-24(17)34)8-9-21-20(22)10-11-29(3)23(27(30)31)13-19(26(21)29)6-5-7-25(35)33-28-32-15-16(2)36-28/h12,14-15,19-21,23,26-27,34H,4-11,13H2,1-3H3,(H,32,33,35). The van der Waals surface area contributed by atoms with E-state index in [0.717, 1.165) is 49.0 Å². The number of hydrogen-bond donors (Lipinski definition) is 2. The van der Waals surface area contributed by atoms with E-state index in [9.17, 15) is 18.7 Å². The zero-order valence-corrected chi connectivity index (χ0v) is 22.3. The van der Waals surface area contributed by atoms with Crippen molar-refractivity contribution in [3.63, 3.8) is 0 Å². The molecule has 6 unspecified atom stereocenters. The Morgan fingerprint density at radius 2 is 2.14 bits per heavy atom. The first kappa shape index (κ1) is 25.6. The number of hydrogen-bond acceptors (Lipinski definition) is 4. The van der Waals surface area contributed by atoms with E-state index in [2.05, 4.69) is 30.2 Å². The maximum absolute atomic E-state index is 14.3. The molecule has 2 fully saturated rings. The first-order valence-electron chi connectivity index (χ1n) is 13.6. The number of aryl methyl sites for hydroxylation is 3. The van der Waals surface area contributed by atoms with Crippen molar-refractivity contribution in [1.29, 1.82) is 0 Å². The maximum Gasteiger partial charge on any atom is 0.241 e. The molecule has 0 spiro atoms. The van der Waals surface area contributed by atoms with Crippen LogP contribution < -0.4 is 5.32 Å². The van der Waals surface area contributed by atoms with E-state index in [1.807, 2.05) is 13.0 Å². The molecule has 0 bridgehead atoms. The van der Waals surface area contributed by atoms with Crippen LogP contribution in [0.3, 0.4) is 0 Å². The molecule has 4 nitrogen and oxygen atoms in total. The number of amides is 1. The average molecular weight is 517 g/mol. The smallest absolute Gasteiger partial charge is 0.241 e. The van der Waals surface area contributed by atoms with Crippen molar-refractivity contribution in [3.05, 3.63) is 39.9 Å². The fourth-order valence-corrected chi connectivity index (χ4v) is 8.77. The second-order valence-electron chi connectivity index (χ2n) is 11.6. The Kier molecular flexibility index (Phi) is 7.14. The summed E-state index contributed by atoms with van der Waals surface area (Å²) in [6.07, 6.45) is 6.42. The highest BCUT2D eigenvalue weighted by molar-refractivity contribution is 7.15. The molecule has 1 aromatic carbocycles. The van der Waals surface area contributed by atoms with Crippen molar-refractivity contribution in [3.8, 4) is 5.75 Å². The van der Waals surface area contributed by atoms with Crippen LogP contribution in [-0.2, 0) is 17.6 Å². The van der Waals surface area contributed by atoms with E-state index >= 15 is 0 Å². The third-order valence-corrected chi connectivity index (χ3v) is 10.5. The van der Waals surface area contributed by atoms with Gasteiger partial charge >= 0.3 is 0 Å². The zero-order valence-electron chi connectivity index (χ0n) is 21.5. The minimum Gasteiger partial charge on any atom is -0.508 e. The van der Waals surface area contributed by atoms with Crippen molar-refractivity contribution >= 4 is 22.4 Å². The topological polar surface area (TPSA) is 62.2 Å². The number of carbonyl (C=O) groups is 1. The van der Waals surface area contributed by atoms with Gasteiger partial charge in [0, 0.05) is 23.4 Å². The Morgan fingerprint density at radius 3 is 2.83 bits per heavy atom. The lowest BCUT2D eigenvalue weighted by Gasteiger charge is -2.52. The van der Waals surface area contributed by atoms with Crippen molar-refractivity contribution in [2.45, 2.75) is 90.9 Å². The Bertz CT molecular complexity index is 1120. The first-order chi connectivity index (χ1) is 17.2. The largest absolute Gasteiger partial charge is 0.508 e. The highest BCUT2D eigenvalue weighted by Gasteiger charge is 2.60. The number of aromatic hydroxyl groups is 1. The van der Waals surface area contributed by atoms with Gasteiger partial charge in [-0.25, -0.2) is 13.8 Å². The first-order valence-corrected chi connectivity index (χ1v) is 14.4. The van der Waals surface area contributed by atoms with Crippen LogP contribution in [0.2, 0.25) is 0 Å². The predicted molar refractivity (Wildman–Crippen MR) is 140 cm³/mol. The second-order valence-corrected chi connectivity index (χ2v) is 12.8. The molecular formula is C29H38F2N2O2S. The van der Waals surface area contributed by atoms with Crippen LogP contribution in [-0.4, -0.2) is 22.4 Å². The number of phenolic OH excluding ortho intramolecular Hbond substituents is 1. The van der Waals surface area contributed by atoms with Gasteiger partial charge in [-0.3, -0.25) is 4.79 Å². The molecule has 36 heavy (non-hydrogen) atoms. The van der Waals surface area contributed by atoms with Crippen LogP contribution in [0, 0.1) is 36.0 Å². The summed E-state index contributed by atoms with van der Waals surface area (Å²) in [6, 6.07) is 4.15. The average Bonchev–Trinajstić information content (AvgIpc) is 3.38. The van der Waals surface area contributed by atoms with Crippen molar-refractivity contribution in [2.24, 2.45) is 29.1 Å². The minimum absolute atomic E-state index is 0.0458. The molecule has 3 aliphatic rings. The number of alkyl halides is 2. The van der Waals surface area contributed by atoms with Crippen molar-refractivity contribution in [2.75, 3.05) is 5.32 Å². The quantitative estimate of drug-likeness (QED) is 0.401. The Morgan fingerprint density at radius 1 is 1.33 bits per heavy atom. The van der Waals surface area contributed by atoms with Gasteiger partial charge in [0.05, 0.1) is 0 Å². The van der Waals surface area contributed by atoms with Gasteiger partial charge in [0.1, 0.15) is 5.75 Å². The molecule has 1 amide bonds. The molecule has 0 radical (unpaired) electrons. The summed E-state index contributed by atoms with van der Waals surface area (Å²) < 4.78 is 28.7. The van der Waals surface area contributed by atoms with E-state index in [-0.39, 0.29) is 23.2 Å². The van der Waals surface area contributed by atoms with Crippen LogP contribution >= 0.6 is 11.3 Å². The second kappa shape index (κ2) is 10.0. The highest BCUT2D eigenvalue weighted by Crippen LogP contribution is 2.66. The molecule has 196 valence electrons. The molecule has 2 aromatic rings. The van der Waals surface area contributed by atoms with Crippen LogP contribution in [0.25, 0.3) is 0 Å². The van der Waals surface area contributed by atoms with Gasteiger partial charge in [-0.05, 0) is 110 Å². The summed E-state index contributed by atoms with van der Waals surface area (Å²) in [7, 11) is 0. The van der Waals surface area contributed by atoms with Crippen LogP contribution in [0.4, 0.5) is 13.9 Å². The van der Waals surface area contributed by atoms with E-state index in [0.29, 0.717) is 42.0 Å². The summed E-state index contributed by atoms with van der Waals surface area (Å²) in [4.78, 5) is 17.7. The molecule has 0 aliphatic heterocycles. The number of nitrogens with zero attached hydrogens (tertiary/aromatic N) is 1. The number of thiazole rings is 1. The number of benzene rings is 1. The van der Waals surface area contributed by atoms with Gasteiger partial charge < -0.3 is 10.4 Å². The molecule has 1 heterocycles. The lowest BCUT2D eigenvalue weighted by molar-refractivity contribution is -0.116. The fraction of sp³-hybridized carbons (Fsp3) is 0.655. The lowest BCUT2D eigenvalue weighted by Crippen LogP contribution is -2.45. The van der Waals surface area contributed by atoms with E-state index in [4.69, 9.17) is 0 Å². The molecule has 2 saturated carbocycles. The van der Waals surface area contributed by atoms with Crippen molar-refractivity contribution < 1.29 is 18.7 Å². The molecule has 2 N–H and O–H groups in total. The number of fused-ring (bicyclic) bond motifs is 5. The molecule has 6 atom stereocenters. The molecule has 5 rings (SSSR count). The lowest BCUT2D eigenvalue weighted by atomic mass is 9.52. The van der Waals surface area contributed by atoms with Crippen LogP contribution in [0.5, 0.6) is 5.75 Å². The number of halogens is 2. The van der Waals surface area contributed by atoms with Gasteiger partial charge in [-0.1, -0.05) is 19.9 Å². The molecule has 0 saturated heterocycles. The molecular weight excluding hydrogens is 478 g/mol. The summed E-state index contributed by atoms with van der Waals surface area (Å²) in [5.74, 6) is 1.04. The van der Waals surface area contributed by atoms with E-state index in [1.54, 1.807) is 6.20 Å². The van der Waals surface area contributed by atoms with E-state index in [1.165, 1.54) is 22.5 Å². The number of phenols is 1. The molecule has 3 aliphatic carbocycles. The fourth-order valence-electron chi connectivity index (χ4n) is 8.09. The van der Waals surface area contributed by atoms with Crippen LogP contribution in [0.1, 0.15) is 86.3 Å².